The van der Waals surface area contributed by atoms with Crippen LogP contribution in [0.25, 0.3) is 5.57 Å². The molecule has 1 heterocycles. The molecule has 8 nitrogen and oxygen atoms in total. The molecule has 0 N–H and O–H groups in total. The zero-order chi connectivity index (χ0) is 20.1. The standard InChI is InChI=1S/C20H16N2O6/c1-25-18-8-7-13(10-19(18)26-2)14(11-21)9-15-12-27-20(28-15)16-5-3-4-6-17(16)22(23)24/h3-10,12,20H,1-2H3/b14-9+. The average Bonchev–Trinajstić information content (AvgIpc) is 3.20. The second-order valence-corrected chi connectivity index (χ2v) is 5.66. The van der Waals surface area contributed by atoms with Crippen molar-refractivity contribution in [3.8, 4) is 17.6 Å². The number of nitro benzene ring substituents is 1. The van der Waals surface area contributed by atoms with Crippen molar-refractivity contribution in [2.45, 2.75) is 6.29 Å². The Kier molecular flexibility index (Phi) is 5.46. The lowest BCUT2D eigenvalue weighted by atomic mass is 10.1. The first kappa shape index (κ1) is 18.8. The Morgan fingerprint density at radius 3 is 2.64 bits per heavy atom. The highest BCUT2D eigenvalue weighted by atomic mass is 16.7. The summed E-state index contributed by atoms with van der Waals surface area (Å²) in [5.74, 6) is 1.30. The molecule has 0 saturated carbocycles. The molecule has 0 fully saturated rings. The molecule has 0 aliphatic carbocycles. The molecule has 0 saturated heterocycles. The lowest BCUT2D eigenvalue weighted by Crippen LogP contribution is -2.03. The van der Waals surface area contributed by atoms with E-state index in [9.17, 15) is 15.4 Å². The third-order valence-corrected chi connectivity index (χ3v) is 4.04. The average molecular weight is 380 g/mol. The predicted octanol–water partition coefficient (Wildman–Crippen LogP) is 4.11. The van der Waals surface area contributed by atoms with Gasteiger partial charge in [-0.1, -0.05) is 12.1 Å². The number of para-hydroxylation sites is 1. The van der Waals surface area contributed by atoms with Gasteiger partial charge in [-0.15, -0.1) is 0 Å². The minimum Gasteiger partial charge on any atom is -0.493 e. The Morgan fingerprint density at radius 2 is 1.96 bits per heavy atom. The van der Waals surface area contributed by atoms with E-state index in [1.165, 1.54) is 32.6 Å². The van der Waals surface area contributed by atoms with Crippen molar-refractivity contribution in [3.63, 3.8) is 0 Å². The summed E-state index contributed by atoms with van der Waals surface area (Å²) in [5.41, 5.74) is 1.08. The van der Waals surface area contributed by atoms with Crippen LogP contribution in [-0.2, 0) is 9.47 Å². The van der Waals surface area contributed by atoms with Gasteiger partial charge in [0.15, 0.2) is 17.3 Å². The number of hydrogen-bond donors (Lipinski definition) is 0. The van der Waals surface area contributed by atoms with Crippen molar-refractivity contribution in [3.05, 3.63) is 81.8 Å². The van der Waals surface area contributed by atoms with E-state index in [1.807, 2.05) is 0 Å². The Balaban J connectivity index is 1.84. The molecule has 2 aromatic carbocycles. The predicted molar refractivity (Wildman–Crippen MR) is 99.2 cm³/mol. The third kappa shape index (κ3) is 3.73. The number of methoxy groups -OCH3 is 2. The lowest BCUT2D eigenvalue weighted by molar-refractivity contribution is -0.386. The molecule has 2 aromatic rings. The number of allylic oxidation sites excluding steroid dienone is 2. The molecule has 28 heavy (non-hydrogen) atoms. The summed E-state index contributed by atoms with van der Waals surface area (Å²) in [4.78, 5) is 10.7. The van der Waals surface area contributed by atoms with Crippen LogP contribution in [0.5, 0.6) is 11.5 Å². The summed E-state index contributed by atoms with van der Waals surface area (Å²) in [6.07, 6.45) is 1.85. The SMILES string of the molecule is COc1ccc(/C(C#N)=C/C2=COC(c3ccccc3[N+](=O)[O-])O2)cc1OC. The minimum absolute atomic E-state index is 0.105. The van der Waals surface area contributed by atoms with E-state index in [2.05, 4.69) is 6.07 Å². The van der Waals surface area contributed by atoms with Crippen molar-refractivity contribution in [1.29, 1.82) is 5.26 Å². The highest BCUT2D eigenvalue weighted by molar-refractivity contribution is 5.79. The highest BCUT2D eigenvalue weighted by Gasteiger charge is 2.28. The van der Waals surface area contributed by atoms with Crippen LogP contribution in [0.2, 0.25) is 0 Å². The molecule has 8 heteroatoms. The van der Waals surface area contributed by atoms with Gasteiger partial charge in [0.25, 0.3) is 12.0 Å². The monoisotopic (exact) mass is 380 g/mol. The van der Waals surface area contributed by atoms with Crippen molar-refractivity contribution < 1.29 is 23.9 Å². The zero-order valence-electron chi connectivity index (χ0n) is 15.1. The number of nitriles is 1. The van der Waals surface area contributed by atoms with Gasteiger partial charge in [0.05, 0.1) is 30.8 Å². The maximum atomic E-state index is 11.2. The van der Waals surface area contributed by atoms with Crippen LogP contribution in [-0.4, -0.2) is 19.1 Å². The molecule has 3 rings (SSSR count). The normalized spacial score (nSPS) is 15.7. The van der Waals surface area contributed by atoms with E-state index in [4.69, 9.17) is 18.9 Å². The number of hydrogen-bond acceptors (Lipinski definition) is 7. The van der Waals surface area contributed by atoms with Crippen molar-refractivity contribution >= 4 is 11.3 Å². The fourth-order valence-electron chi connectivity index (χ4n) is 2.69. The number of nitro groups is 1. The Hall–Kier alpha value is -3.99. The first-order valence-electron chi connectivity index (χ1n) is 8.17. The fraction of sp³-hybridized carbons (Fsp3) is 0.150. The van der Waals surface area contributed by atoms with Crippen LogP contribution in [0.1, 0.15) is 17.4 Å². The Labute approximate surface area is 161 Å². The molecule has 0 bridgehead atoms. The number of nitrogens with zero attached hydrogens (tertiary/aromatic N) is 2. The summed E-state index contributed by atoms with van der Waals surface area (Å²) in [7, 11) is 3.03. The van der Waals surface area contributed by atoms with Gasteiger partial charge in [0.2, 0.25) is 0 Å². The third-order valence-electron chi connectivity index (χ3n) is 4.04. The number of ether oxygens (including phenoxy) is 4. The minimum atomic E-state index is -0.960. The molecule has 0 amide bonds. The van der Waals surface area contributed by atoms with Gasteiger partial charge in [0.1, 0.15) is 11.8 Å². The van der Waals surface area contributed by atoms with E-state index >= 15 is 0 Å². The van der Waals surface area contributed by atoms with Crippen molar-refractivity contribution in [2.75, 3.05) is 14.2 Å². The topological polar surface area (TPSA) is 104 Å². The van der Waals surface area contributed by atoms with E-state index in [0.717, 1.165) is 0 Å². The summed E-state index contributed by atoms with van der Waals surface area (Å²) in [6, 6.07) is 13.3. The quantitative estimate of drug-likeness (QED) is 0.422. The van der Waals surface area contributed by atoms with Gasteiger partial charge in [-0.25, -0.2) is 0 Å². The number of benzene rings is 2. The summed E-state index contributed by atoms with van der Waals surface area (Å²) >= 11 is 0. The van der Waals surface area contributed by atoms with Gasteiger partial charge < -0.3 is 18.9 Å². The van der Waals surface area contributed by atoms with Crippen molar-refractivity contribution in [2.24, 2.45) is 0 Å². The van der Waals surface area contributed by atoms with Gasteiger partial charge >= 0.3 is 0 Å². The first-order valence-corrected chi connectivity index (χ1v) is 8.17. The highest BCUT2D eigenvalue weighted by Crippen LogP contribution is 2.36. The molecular formula is C20H16N2O6. The van der Waals surface area contributed by atoms with Crippen LogP contribution in [0.15, 0.2) is 60.6 Å². The molecule has 0 spiro atoms. The molecule has 1 unspecified atom stereocenters. The van der Waals surface area contributed by atoms with Crippen LogP contribution >= 0.6 is 0 Å². The number of rotatable bonds is 6. The van der Waals surface area contributed by atoms with Gasteiger partial charge in [-0.05, 0) is 29.8 Å². The van der Waals surface area contributed by atoms with Crippen LogP contribution in [0, 0.1) is 21.4 Å². The molecular weight excluding hydrogens is 364 g/mol. The molecule has 142 valence electrons. The van der Waals surface area contributed by atoms with Gasteiger partial charge in [-0.2, -0.15) is 5.26 Å². The van der Waals surface area contributed by atoms with E-state index < -0.39 is 11.2 Å². The van der Waals surface area contributed by atoms with E-state index in [-0.39, 0.29) is 17.0 Å². The molecule has 0 radical (unpaired) electrons. The van der Waals surface area contributed by atoms with Crippen molar-refractivity contribution in [1.82, 2.24) is 0 Å². The van der Waals surface area contributed by atoms with Crippen LogP contribution in [0.3, 0.4) is 0 Å². The molecule has 1 atom stereocenters. The van der Waals surface area contributed by atoms with Gasteiger partial charge in [-0.3, -0.25) is 10.1 Å². The van der Waals surface area contributed by atoms with E-state index in [1.54, 1.807) is 36.4 Å². The maximum Gasteiger partial charge on any atom is 0.280 e. The Morgan fingerprint density at radius 1 is 1.21 bits per heavy atom. The summed E-state index contributed by atoms with van der Waals surface area (Å²) < 4.78 is 21.5. The van der Waals surface area contributed by atoms with E-state index in [0.29, 0.717) is 22.6 Å². The second kappa shape index (κ2) is 8.14. The smallest absolute Gasteiger partial charge is 0.280 e. The summed E-state index contributed by atoms with van der Waals surface area (Å²) in [5, 5.41) is 20.7. The largest absolute Gasteiger partial charge is 0.493 e. The second-order valence-electron chi connectivity index (χ2n) is 5.66. The first-order chi connectivity index (χ1) is 13.6. The maximum absolute atomic E-state index is 11.2. The summed E-state index contributed by atoms with van der Waals surface area (Å²) in [6.45, 7) is 0. The zero-order valence-corrected chi connectivity index (χ0v) is 15.1. The molecule has 1 aliphatic rings. The van der Waals surface area contributed by atoms with Crippen LogP contribution < -0.4 is 9.47 Å². The van der Waals surface area contributed by atoms with Gasteiger partial charge in [0, 0.05) is 12.1 Å². The fourth-order valence-corrected chi connectivity index (χ4v) is 2.69. The molecule has 1 aliphatic heterocycles. The Bertz CT molecular complexity index is 1010. The molecule has 0 aromatic heterocycles. The lowest BCUT2D eigenvalue weighted by Gasteiger charge is -2.12. The van der Waals surface area contributed by atoms with Crippen LogP contribution in [0.4, 0.5) is 5.69 Å².